The third-order valence-electron chi connectivity index (χ3n) is 0. The number of aliphatic hydroxyl groups excluding tert-OH is 2. The minimum Gasteiger partial charge on any atom is 0 e. The fourth-order valence-electron chi connectivity index (χ4n) is 0. The molecule has 0 spiro atoms. The SMILES string of the molecule is C.C.C.C.C.CO.CO.O.O.O.O=C=O.[C-]#[O+].[C-]#[O+].[HH].[HH].[HH].[HH]. The number of aliphatic hydroxyl groups is 2. The van der Waals surface area contributed by atoms with Gasteiger partial charge in [0.15, 0.2) is 0 Å². The van der Waals surface area contributed by atoms with Gasteiger partial charge in [0.1, 0.15) is 0 Å². The van der Waals surface area contributed by atoms with Gasteiger partial charge in [0.05, 0.1) is 0 Å². The maximum atomic E-state index is 8.12. The first-order valence-electron chi connectivity index (χ1n) is 1.71. The molecule has 136 valence electrons. The fourth-order valence-corrected chi connectivity index (χ4v) is 0. The Hall–Kier alpha value is -1.34. The van der Waals surface area contributed by atoms with E-state index in [0.29, 0.717) is 0 Å². The van der Waals surface area contributed by atoms with Gasteiger partial charge in [-0.25, -0.2) is 0 Å². The van der Waals surface area contributed by atoms with Gasteiger partial charge in [-0.3, -0.25) is 0 Å². The van der Waals surface area contributed by atoms with Crippen LogP contribution in [0.25, 0.3) is 0 Å². The van der Waals surface area contributed by atoms with Crippen LogP contribution in [-0.2, 0) is 18.9 Å². The topological polar surface area (TPSA) is 209 Å². The third-order valence-corrected chi connectivity index (χ3v) is 0. The van der Waals surface area contributed by atoms with E-state index in [9.17, 15) is 0 Å². The Balaban J connectivity index is -0.00000000116. The molecule has 0 heterocycles. The van der Waals surface area contributed by atoms with Crippen molar-refractivity contribution >= 4 is 6.15 Å². The van der Waals surface area contributed by atoms with Crippen molar-refractivity contribution in [2.45, 2.75) is 37.1 Å². The molecule has 0 aromatic heterocycles. The molecular formula is C10H42O9. The van der Waals surface area contributed by atoms with Crippen LogP contribution in [0.3, 0.4) is 0 Å². The van der Waals surface area contributed by atoms with E-state index in [4.69, 9.17) is 29.1 Å². The van der Waals surface area contributed by atoms with Crippen molar-refractivity contribution < 1.29 is 51.2 Å². The average molecular weight is 306 g/mol. The second kappa shape index (κ2) is 35300. The molecule has 0 amide bonds. The van der Waals surface area contributed by atoms with Crippen molar-refractivity contribution in [2.75, 3.05) is 14.2 Å². The summed E-state index contributed by atoms with van der Waals surface area (Å²) in [4.78, 5) is 16.2. The normalized spacial score (nSPS) is 1.26. The van der Waals surface area contributed by atoms with Gasteiger partial charge < -0.3 is 26.6 Å². The largest absolute Gasteiger partial charge is 0 e. The molecule has 8 N–H and O–H groups in total. The van der Waals surface area contributed by atoms with Gasteiger partial charge in [0, 0.05) is 19.9 Å². The Bertz CT molecular complexity index is 94.8. The van der Waals surface area contributed by atoms with E-state index in [1.807, 2.05) is 0 Å². The molecular weight excluding hydrogens is 264 g/mol. The zero-order valence-corrected chi connectivity index (χ0v) is 7.53. The zero-order valence-electron chi connectivity index (χ0n) is 7.53. The summed E-state index contributed by atoms with van der Waals surface area (Å²) in [5, 5.41) is 14.0. The van der Waals surface area contributed by atoms with Gasteiger partial charge in [0.2, 0.25) is 0 Å². The minimum absolute atomic E-state index is 0. The van der Waals surface area contributed by atoms with E-state index in [1.165, 1.54) is 0 Å². The van der Waals surface area contributed by atoms with E-state index in [0.717, 1.165) is 14.2 Å². The second-order valence-corrected chi connectivity index (χ2v) is 0.0833. The summed E-state index contributed by atoms with van der Waals surface area (Å²) in [6, 6.07) is 0. The smallest absolute Gasteiger partial charge is 0 e. The molecule has 0 rings (SSSR count). The van der Waals surface area contributed by atoms with E-state index in [2.05, 4.69) is 13.3 Å². The summed E-state index contributed by atoms with van der Waals surface area (Å²) in [5.74, 6) is 0. The summed E-state index contributed by atoms with van der Waals surface area (Å²) < 4.78 is 15.0. The first-order valence-corrected chi connectivity index (χ1v) is 1.71. The van der Waals surface area contributed by atoms with Crippen molar-refractivity contribution in [1.29, 1.82) is 0 Å². The predicted molar refractivity (Wildman–Crippen MR) is 82.1 cm³/mol. The van der Waals surface area contributed by atoms with Crippen LogP contribution in [0.1, 0.15) is 42.8 Å². The molecule has 0 radical (unpaired) electrons. The molecule has 0 saturated carbocycles. The van der Waals surface area contributed by atoms with Crippen LogP contribution >= 0.6 is 0 Å². The van der Waals surface area contributed by atoms with Gasteiger partial charge in [-0.05, 0) is 0 Å². The third kappa shape index (κ3) is 1990. The van der Waals surface area contributed by atoms with E-state index in [1.54, 1.807) is 0 Å². The van der Waals surface area contributed by atoms with Crippen molar-refractivity contribution in [3.63, 3.8) is 0 Å². The summed E-state index contributed by atoms with van der Waals surface area (Å²) >= 11 is 0. The van der Waals surface area contributed by atoms with Crippen LogP contribution < -0.4 is 0 Å². The summed E-state index contributed by atoms with van der Waals surface area (Å²) in [7, 11) is 2.00. The molecule has 0 aliphatic heterocycles. The van der Waals surface area contributed by atoms with Crippen LogP contribution in [0.4, 0.5) is 0 Å². The molecule has 0 unspecified atom stereocenters. The first kappa shape index (κ1) is 226. The van der Waals surface area contributed by atoms with Crippen molar-refractivity contribution in [1.82, 2.24) is 0 Å². The Morgan fingerprint density at radius 3 is 0.684 bits per heavy atom. The number of hydrogen-bond donors (Lipinski definition) is 2. The number of carbonyl (C=O) groups excluding carboxylic acids is 2. The molecule has 0 aromatic rings. The van der Waals surface area contributed by atoms with Crippen LogP contribution in [0.5, 0.6) is 0 Å². The molecule has 0 aromatic carbocycles. The van der Waals surface area contributed by atoms with Gasteiger partial charge >= 0.3 is 28.8 Å². The monoisotopic (exact) mass is 306 g/mol. The Morgan fingerprint density at radius 2 is 0.684 bits per heavy atom. The molecule has 0 saturated heterocycles. The van der Waals surface area contributed by atoms with Gasteiger partial charge in [-0.15, -0.1) is 0 Å². The molecule has 0 atom stereocenters. The van der Waals surface area contributed by atoms with Gasteiger partial charge in [0.25, 0.3) is 0 Å². The predicted octanol–water partition coefficient (Wildman–Crippen LogP) is 0.249. The zero-order chi connectivity index (χ0) is 10.7. The molecule has 0 bridgehead atoms. The van der Waals surface area contributed by atoms with Crippen LogP contribution in [0.15, 0.2) is 0 Å². The van der Waals surface area contributed by atoms with Crippen LogP contribution in [-0.4, -0.2) is 47.0 Å². The maximum Gasteiger partial charge on any atom is 0 e. The second-order valence-electron chi connectivity index (χ2n) is 0.0833. The Labute approximate surface area is 123 Å². The quantitative estimate of drug-likeness (QED) is 0.475. The molecule has 19 heavy (non-hydrogen) atoms. The Kier molecular flexibility index (Phi) is 420000. The van der Waals surface area contributed by atoms with Crippen LogP contribution in [0, 0.1) is 13.3 Å². The van der Waals surface area contributed by atoms with Crippen molar-refractivity contribution in [3.8, 4) is 0 Å². The number of rotatable bonds is 0. The molecule has 9 nitrogen and oxygen atoms in total. The molecule has 9 heteroatoms. The van der Waals surface area contributed by atoms with E-state index >= 15 is 0 Å². The van der Waals surface area contributed by atoms with Crippen LogP contribution in [0.2, 0.25) is 0 Å². The summed E-state index contributed by atoms with van der Waals surface area (Å²) in [6.07, 6.45) is 0.250. The van der Waals surface area contributed by atoms with Gasteiger partial charge in [-0.1, -0.05) is 37.1 Å². The van der Waals surface area contributed by atoms with E-state index in [-0.39, 0.29) is 65.4 Å². The maximum absolute atomic E-state index is 8.12. The molecule has 0 aliphatic rings. The first-order chi connectivity index (χ1) is 5.41. The number of hydrogen-bond acceptors (Lipinski definition) is 4. The minimum atomic E-state index is 0. The van der Waals surface area contributed by atoms with Crippen molar-refractivity contribution in [2.24, 2.45) is 0 Å². The van der Waals surface area contributed by atoms with Crippen molar-refractivity contribution in [3.05, 3.63) is 13.3 Å². The molecule has 0 fully saturated rings. The average Bonchev–Trinajstić information content (AvgIpc) is 2.18. The fraction of sp³-hybridized carbons (Fsp3) is 0.700. The molecule has 0 aliphatic carbocycles. The van der Waals surface area contributed by atoms with Gasteiger partial charge in [-0.2, -0.15) is 9.59 Å². The summed E-state index contributed by atoms with van der Waals surface area (Å²) in [6.45, 7) is 9.00. The Morgan fingerprint density at radius 1 is 0.684 bits per heavy atom. The van der Waals surface area contributed by atoms with E-state index < -0.39 is 0 Å². The summed E-state index contributed by atoms with van der Waals surface area (Å²) in [5.41, 5.74) is 0. The standard InChI is InChI=1S/CO2.2CH4O.2CO.5CH4.3H2O.4H2/c2-1-3;4*1-2;;;;;;;;;;;;/h;2*2H,1H3;;;5*1H4;3*1H2;4*1H.